The zero-order valence-electron chi connectivity index (χ0n) is 13.1. The molecule has 0 spiro atoms. The molecule has 23 heavy (non-hydrogen) atoms. The minimum atomic E-state index is -0.519. The van der Waals surface area contributed by atoms with Crippen LogP contribution in [0, 0.1) is 11.8 Å². The maximum absolute atomic E-state index is 11.8. The van der Waals surface area contributed by atoms with Crippen LogP contribution in [0.15, 0.2) is 18.2 Å². The first-order valence-electron chi connectivity index (χ1n) is 6.93. The van der Waals surface area contributed by atoms with Gasteiger partial charge in [0.2, 0.25) is 11.8 Å². The van der Waals surface area contributed by atoms with Crippen molar-refractivity contribution >= 4 is 23.5 Å². The minimum absolute atomic E-state index is 0.141. The summed E-state index contributed by atoms with van der Waals surface area (Å²) in [6.07, 6.45) is 0.141. The highest BCUT2D eigenvalue weighted by Gasteiger charge is 2.12. The normalized spacial score (nSPS) is 9.35. The summed E-state index contributed by atoms with van der Waals surface area (Å²) in [6.45, 7) is 1.78. The summed E-state index contributed by atoms with van der Waals surface area (Å²) in [5, 5.41) is 5.21. The van der Waals surface area contributed by atoms with E-state index in [1.54, 1.807) is 12.1 Å². The number of rotatable bonds is 5. The number of hydrogen-bond acceptors (Lipinski definition) is 5. The number of carbonyl (C=O) groups is 3. The Morgan fingerprint density at radius 1 is 1.30 bits per heavy atom. The van der Waals surface area contributed by atoms with Gasteiger partial charge in [0.25, 0.3) is 0 Å². The third-order valence-corrected chi connectivity index (χ3v) is 2.76. The van der Waals surface area contributed by atoms with Crippen molar-refractivity contribution in [3.8, 4) is 11.8 Å². The van der Waals surface area contributed by atoms with Gasteiger partial charge < -0.3 is 21.1 Å². The van der Waals surface area contributed by atoms with Crippen LogP contribution >= 0.6 is 0 Å². The number of carbonyl (C=O) groups excluding carboxylic acids is 3. The molecular formula is C16H19N3O4. The van der Waals surface area contributed by atoms with Crippen LogP contribution in [0.4, 0.5) is 5.69 Å². The molecule has 1 aromatic carbocycles. The van der Waals surface area contributed by atoms with Gasteiger partial charge in [-0.15, -0.1) is 0 Å². The van der Waals surface area contributed by atoms with Gasteiger partial charge in [-0.1, -0.05) is 11.8 Å². The van der Waals surface area contributed by atoms with Gasteiger partial charge in [0, 0.05) is 31.1 Å². The number of anilines is 1. The van der Waals surface area contributed by atoms with Crippen molar-refractivity contribution in [2.75, 3.05) is 25.5 Å². The molecular weight excluding hydrogens is 298 g/mol. The molecule has 4 N–H and O–H groups in total. The van der Waals surface area contributed by atoms with Crippen LogP contribution in [0.25, 0.3) is 0 Å². The summed E-state index contributed by atoms with van der Waals surface area (Å²) in [5.74, 6) is 4.46. The fraction of sp³-hybridized carbons (Fsp3) is 0.312. The number of esters is 1. The molecule has 0 radical (unpaired) electrons. The van der Waals surface area contributed by atoms with Crippen LogP contribution in [-0.2, 0) is 14.3 Å². The van der Waals surface area contributed by atoms with E-state index in [1.165, 1.54) is 20.1 Å². The van der Waals surface area contributed by atoms with Gasteiger partial charge in [-0.3, -0.25) is 9.59 Å². The SMILES string of the molecule is COC(=O)c1ccc(NC(=O)CCNC(C)=O)cc1C#CCN. The van der Waals surface area contributed by atoms with E-state index in [0.29, 0.717) is 16.8 Å². The Labute approximate surface area is 134 Å². The second-order valence-corrected chi connectivity index (χ2v) is 4.54. The van der Waals surface area contributed by atoms with E-state index < -0.39 is 5.97 Å². The number of nitrogens with two attached hydrogens (primary N) is 1. The molecule has 0 fully saturated rings. The zero-order valence-corrected chi connectivity index (χ0v) is 13.1. The number of benzene rings is 1. The van der Waals surface area contributed by atoms with E-state index in [9.17, 15) is 14.4 Å². The lowest BCUT2D eigenvalue weighted by Gasteiger charge is -2.08. The van der Waals surface area contributed by atoms with Crippen molar-refractivity contribution in [2.24, 2.45) is 5.73 Å². The lowest BCUT2D eigenvalue weighted by molar-refractivity contribution is -0.119. The van der Waals surface area contributed by atoms with Gasteiger partial charge in [-0.25, -0.2) is 4.79 Å². The number of amides is 2. The van der Waals surface area contributed by atoms with Crippen LogP contribution in [-0.4, -0.2) is 38.0 Å². The molecule has 0 heterocycles. The molecule has 7 nitrogen and oxygen atoms in total. The quantitative estimate of drug-likeness (QED) is 0.532. The maximum Gasteiger partial charge on any atom is 0.339 e. The largest absolute Gasteiger partial charge is 0.465 e. The summed E-state index contributed by atoms with van der Waals surface area (Å²) >= 11 is 0. The first-order chi connectivity index (χ1) is 11.0. The van der Waals surface area contributed by atoms with E-state index >= 15 is 0 Å². The summed E-state index contributed by atoms with van der Waals surface area (Å²) < 4.78 is 4.69. The Balaban J connectivity index is 2.86. The Morgan fingerprint density at radius 2 is 2.04 bits per heavy atom. The lowest BCUT2D eigenvalue weighted by Crippen LogP contribution is -2.25. The molecule has 0 aromatic heterocycles. The van der Waals surface area contributed by atoms with E-state index in [1.807, 2.05) is 0 Å². The van der Waals surface area contributed by atoms with Crippen molar-refractivity contribution < 1.29 is 19.1 Å². The van der Waals surface area contributed by atoms with E-state index in [4.69, 9.17) is 5.73 Å². The van der Waals surface area contributed by atoms with Crippen LogP contribution in [0.1, 0.15) is 29.3 Å². The highest BCUT2D eigenvalue weighted by atomic mass is 16.5. The Hall–Kier alpha value is -2.85. The van der Waals surface area contributed by atoms with Gasteiger partial charge in [0.15, 0.2) is 0 Å². The Bertz CT molecular complexity index is 659. The molecule has 0 aliphatic rings. The lowest BCUT2D eigenvalue weighted by atomic mass is 10.1. The second kappa shape index (κ2) is 9.23. The van der Waals surface area contributed by atoms with E-state index in [-0.39, 0.29) is 31.3 Å². The Kier molecular flexibility index (Phi) is 7.30. The molecule has 2 amide bonds. The molecule has 0 saturated heterocycles. The molecule has 0 unspecified atom stereocenters. The number of hydrogen-bond donors (Lipinski definition) is 3. The third-order valence-electron chi connectivity index (χ3n) is 2.76. The molecule has 0 aliphatic heterocycles. The maximum atomic E-state index is 11.8. The van der Waals surface area contributed by atoms with Gasteiger partial charge in [0.05, 0.1) is 19.2 Å². The van der Waals surface area contributed by atoms with Crippen molar-refractivity contribution in [1.29, 1.82) is 0 Å². The van der Waals surface area contributed by atoms with Crippen LogP contribution in [0.3, 0.4) is 0 Å². The first-order valence-corrected chi connectivity index (χ1v) is 6.93. The number of nitrogens with one attached hydrogen (secondary N) is 2. The van der Waals surface area contributed by atoms with E-state index in [2.05, 4.69) is 27.2 Å². The molecule has 122 valence electrons. The van der Waals surface area contributed by atoms with Crippen LogP contribution < -0.4 is 16.4 Å². The molecule has 1 rings (SSSR count). The summed E-state index contributed by atoms with van der Waals surface area (Å²) in [6, 6.07) is 4.68. The smallest absolute Gasteiger partial charge is 0.339 e. The highest BCUT2D eigenvalue weighted by molar-refractivity contribution is 5.95. The molecule has 0 aliphatic carbocycles. The predicted molar refractivity (Wildman–Crippen MR) is 85.6 cm³/mol. The summed E-state index contributed by atoms with van der Waals surface area (Å²) in [7, 11) is 1.28. The fourth-order valence-corrected chi connectivity index (χ4v) is 1.74. The van der Waals surface area contributed by atoms with Crippen molar-refractivity contribution in [3.63, 3.8) is 0 Å². The predicted octanol–water partition coefficient (Wildman–Crippen LogP) is 0.248. The average molecular weight is 317 g/mol. The second-order valence-electron chi connectivity index (χ2n) is 4.54. The van der Waals surface area contributed by atoms with Crippen LogP contribution in [0.5, 0.6) is 0 Å². The summed E-state index contributed by atoms with van der Waals surface area (Å²) in [4.78, 5) is 34.2. The molecule has 7 heteroatoms. The number of methoxy groups -OCH3 is 1. The molecule has 0 saturated carbocycles. The van der Waals surface area contributed by atoms with Gasteiger partial charge in [-0.05, 0) is 18.2 Å². The Morgan fingerprint density at radius 3 is 2.65 bits per heavy atom. The number of ether oxygens (including phenoxy) is 1. The van der Waals surface area contributed by atoms with Crippen molar-refractivity contribution in [2.45, 2.75) is 13.3 Å². The van der Waals surface area contributed by atoms with Crippen LogP contribution in [0.2, 0.25) is 0 Å². The zero-order chi connectivity index (χ0) is 17.2. The molecule has 0 atom stereocenters. The molecule has 1 aromatic rings. The topological polar surface area (TPSA) is 111 Å². The monoisotopic (exact) mass is 317 g/mol. The third kappa shape index (κ3) is 6.20. The van der Waals surface area contributed by atoms with E-state index in [0.717, 1.165) is 0 Å². The molecule has 0 bridgehead atoms. The van der Waals surface area contributed by atoms with Crippen molar-refractivity contribution in [3.05, 3.63) is 29.3 Å². The first kappa shape index (κ1) is 18.2. The van der Waals surface area contributed by atoms with Gasteiger partial charge >= 0.3 is 5.97 Å². The fourth-order valence-electron chi connectivity index (χ4n) is 1.74. The van der Waals surface area contributed by atoms with Gasteiger partial charge in [-0.2, -0.15) is 0 Å². The van der Waals surface area contributed by atoms with Gasteiger partial charge in [0.1, 0.15) is 0 Å². The average Bonchev–Trinajstić information content (AvgIpc) is 2.52. The minimum Gasteiger partial charge on any atom is -0.465 e. The highest BCUT2D eigenvalue weighted by Crippen LogP contribution is 2.16. The van der Waals surface area contributed by atoms with Crippen molar-refractivity contribution in [1.82, 2.24) is 5.32 Å². The summed E-state index contributed by atoms with van der Waals surface area (Å²) in [5.41, 5.74) is 6.55. The standard InChI is InChI=1S/C16H19N3O4/c1-11(20)18-9-7-15(21)19-13-5-6-14(16(22)23-2)12(10-13)4-3-8-17/h5-6,10H,7-9,17H2,1-2H3,(H,18,20)(H,19,21).